The Morgan fingerprint density at radius 2 is 1.82 bits per heavy atom. The standard InChI is InChI=1S/C24H28N2O6S/c1-4-30-24(27)22(26-33(3,28)29)16-18-10-12-20(13-11-18)31-15-14-21-17(2)32-23(25-21)19-8-6-5-7-9-19/h5-13,22,26H,4,14-16H2,1-3H3/t22-/m0/s1. The average Bonchev–Trinajstić information content (AvgIpc) is 3.15. The molecule has 33 heavy (non-hydrogen) atoms. The number of oxazole rings is 1. The van der Waals surface area contributed by atoms with E-state index >= 15 is 0 Å². The minimum atomic E-state index is -3.56. The summed E-state index contributed by atoms with van der Waals surface area (Å²) in [4.78, 5) is 16.7. The van der Waals surface area contributed by atoms with Gasteiger partial charge in [0.2, 0.25) is 15.9 Å². The third-order valence-electron chi connectivity index (χ3n) is 4.81. The van der Waals surface area contributed by atoms with Gasteiger partial charge in [0, 0.05) is 12.0 Å². The van der Waals surface area contributed by atoms with Crippen LogP contribution in [0.15, 0.2) is 59.0 Å². The molecule has 3 aromatic rings. The second-order valence-corrected chi connectivity index (χ2v) is 9.31. The molecule has 0 spiro atoms. The maximum Gasteiger partial charge on any atom is 0.324 e. The van der Waals surface area contributed by atoms with Crippen molar-refractivity contribution in [2.75, 3.05) is 19.5 Å². The summed E-state index contributed by atoms with van der Waals surface area (Å²) in [5, 5.41) is 0. The smallest absolute Gasteiger partial charge is 0.324 e. The van der Waals surface area contributed by atoms with Crippen molar-refractivity contribution in [1.82, 2.24) is 9.71 Å². The van der Waals surface area contributed by atoms with Crippen molar-refractivity contribution in [3.63, 3.8) is 0 Å². The topological polar surface area (TPSA) is 108 Å². The number of nitrogens with zero attached hydrogens (tertiary/aromatic N) is 1. The Morgan fingerprint density at radius 3 is 2.45 bits per heavy atom. The van der Waals surface area contributed by atoms with Crippen molar-refractivity contribution in [2.24, 2.45) is 0 Å². The number of rotatable bonds is 11. The second kappa shape index (κ2) is 11.1. The Balaban J connectivity index is 1.56. The van der Waals surface area contributed by atoms with E-state index in [1.165, 1.54) is 0 Å². The molecule has 8 nitrogen and oxygen atoms in total. The lowest BCUT2D eigenvalue weighted by atomic mass is 10.1. The van der Waals surface area contributed by atoms with Gasteiger partial charge in [-0.1, -0.05) is 30.3 Å². The summed E-state index contributed by atoms with van der Waals surface area (Å²) in [7, 11) is -3.56. The lowest BCUT2D eigenvalue weighted by Gasteiger charge is -2.16. The molecule has 0 aliphatic carbocycles. The van der Waals surface area contributed by atoms with Crippen molar-refractivity contribution in [3.05, 3.63) is 71.6 Å². The highest BCUT2D eigenvalue weighted by molar-refractivity contribution is 7.88. The van der Waals surface area contributed by atoms with Crippen LogP contribution in [0.3, 0.4) is 0 Å². The number of sulfonamides is 1. The van der Waals surface area contributed by atoms with Crippen molar-refractivity contribution in [1.29, 1.82) is 0 Å². The van der Waals surface area contributed by atoms with Crippen LogP contribution in [0, 0.1) is 6.92 Å². The van der Waals surface area contributed by atoms with E-state index in [2.05, 4.69) is 9.71 Å². The molecule has 2 aromatic carbocycles. The fourth-order valence-electron chi connectivity index (χ4n) is 3.26. The van der Waals surface area contributed by atoms with Crippen LogP contribution in [0.4, 0.5) is 0 Å². The normalized spacial score (nSPS) is 12.3. The van der Waals surface area contributed by atoms with Gasteiger partial charge in [-0.3, -0.25) is 4.79 Å². The van der Waals surface area contributed by atoms with E-state index in [0.717, 1.165) is 28.8 Å². The average molecular weight is 473 g/mol. The molecule has 9 heteroatoms. The van der Waals surface area contributed by atoms with Crippen molar-refractivity contribution in [2.45, 2.75) is 32.7 Å². The first kappa shape index (κ1) is 24.5. The van der Waals surface area contributed by atoms with Gasteiger partial charge in [0.15, 0.2) is 0 Å². The number of aryl methyl sites for hydroxylation is 1. The summed E-state index contributed by atoms with van der Waals surface area (Å²) < 4.78 is 42.1. The molecule has 0 aliphatic heterocycles. The monoisotopic (exact) mass is 472 g/mol. The fraction of sp³-hybridized carbons (Fsp3) is 0.333. The molecule has 176 valence electrons. The number of carbonyl (C=O) groups excluding carboxylic acids is 1. The van der Waals surface area contributed by atoms with Crippen LogP contribution >= 0.6 is 0 Å². The molecule has 0 saturated carbocycles. The van der Waals surface area contributed by atoms with Crippen LogP contribution in [-0.4, -0.2) is 44.9 Å². The summed E-state index contributed by atoms with van der Waals surface area (Å²) in [6.07, 6.45) is 1.77. The predicted octanol–water partition coefficient (Wildman–Crippen LogP) is 3.29. The Bertz CT molecular complexity index is 1160. The zero-order chi connectivity index (χ0) is 23.8. The number of nitrogens with one attached hydrogen (secondary N) is 1. The van der Waals surface area contributed by atoms with E-state index in [0.29, 0.717) is 24.7 Å². The van der Waals surface area contributed by atoms with E-state index in [4.69, 9.17) is 13.9 Å². The molecule has 1 heterocycles. The number of aromatic nitrogens is 1. The number of esters is 1. The first-order chi connectivity index (χ1) is 15.7. The van der Waals surface area contributed by atoms with Gasteiger partial charge in [-0.25, -0.2) is 18.1 Å². The highest BCUT2D eigenvalue weighted by Crippen LogP contribution is 2.22. The van der Waals surface area contributed by atoms with Gasteiger partial charge >= 0.3 is 5.97 Å². The van der Waals surface area contributed by atoms with E-state index in [-0.39, 0.29) is 13.0 Å². The van der Waals surface area contributed by atoms with Gasteiger partial charge in [-0.15, -0.1) is 0 Å². The zero-order valence-electron chi connectivity index (χ0n) is 18.9. The molecule has 3 rings (SSSR count). The largest absolute Gasteiger partial charge is 0.493 e. The third-order valence-corrected chi connectivity index (χ3v) is 5.52. The number of ether oxygens (including phenoxy) is 2. The third kappa shape index (κ3) is 7.44. The molecule has 0 bridgehead atoms. The van der Waals surface area contributed by atoms with E-state index < -0.39 is 22.0 Å². The van der Waals surface area contributed by atoms with Crippen LogP contribution in [0.2, 0.25) is 0 Å². The number of hydrogen-bond donors (Lipinski definition) is 1. The maximum absolute atomic E-state index is 12.1. The van der Waals surface area contributed by atoms with Gasteiger partial charge in [0.25, 0.3) is 0 Å². The first-order valence-corrected chi connectivity index (χ1v) is 12.5. The van der Waals surface area contributed by atoms with Crippen LogP contribution in [-0.2, 0) is 32.4 Å². The zero-order valence-corrected chi connectivity index (χ0v) is 19.7. The quantitative estimate of drug-likeness (QED) is 0.427. The highest BCUT2D eigenvalue weighted by atomic mass is 32.2. The molecule has 0 fully saturated rings. The van der Waals surface area contributed by atoms with E-state index in [9.17, 15) is 13.2 Å². The maximum atomic E-state index is 12.1. The second-order valence-electron chi connectivity index (χ2n) is 7.53. The minimum Gasteiger partial charge on any atom is -0.493 e. The van der Waals surface area contributed by atoms with Crippen LogP contribution < -0.4 is 9.46 Å². The summed E-state index contributed by atoms with van der Waals surface area (Å²) >= 11 is 0. The lowest BCUT2D eigenvalue weighted by molar-refractivity contribution is -0.145. The van der Waals surface area contributed by atoms with Crippen molar-refractivity contribution in [3.8, 4) is 17.2 Å². The molecule has 1 N–H and O–H groups in total. The molecule has 1 atom stereocenters. The SMILES string of the molecule is CCOC(=O)[C@H](Cc1ccc(OCCc2nc(-c3ccccc3)oc2C)cc1)NS(C)(=O)=O. The first-order valence-electron chi connectivity index (χ1n) is 10.6. The Hall–Kier alpha value is -3.17. The molecule has 0 amide bonds. The molecule has 1 aromatic heterocycles. The van der Waals surface area contributed by atoms with Gasteiger partial charge in [-0.2, -0.15) is 0 Å². The Kier molecular flexibility index (Phi) is 8.24. The minimum absolute atomic E-state index is 0.172. The number of carbonyl (C=O) groups is 1. The van der Waals surface area contributed by atoms with Crippen molar-refractivity contribution >= 4 is 16.0 Å². The molecule has 0 saturated heterocycles. The molecule has 0 unspecified atom stereocenters. The predicted molar refractivity (Wildman–Crippen MR) is 124 cm³/mol. The van der Waals surface area contributed by atoms with Gasteiger partial charge in [0.05, 0.1) is 25.2 Å². The van der Waals surface area contributed by atoms with E-state index in [1.807, 2.05) is 37.3 Å². The Labute approximate surface area is 194 Å². The lowest BCUT2D eigenvalue weighted by Crippen LogP contribution is -2.42. The van der Waals surface area contributed by atoms with Gasteiger partial charge < -0.3 is 13.9 Å². The fourth-order valence-corrected chi connectivity index (χ4v) is 3.96. The molecule has 0 aliphatic rings. The van der Waals surface area contributed by atoms with Crippen LogP contribution in [0.25, 0.3) is 11.5 Å². The van der Waals surface area contributed by atoms with Gasteiger partial charge in [0.1, 0.15) is 17.6 Å². The molecular formula is C24H28N2O6S. The number of hydrogen-bond acceptors (Lipinski definition) is 7. The molecule has 0 radical (unpaired) electrons. The van der Waals surface area contributed by atoms with Gasteiger partial charge in [-0.05, 0) is 50.1 Å². The van der Waals surface area contributed by atoms with E-state index in [1.54, 1.807) is 31.2 Å². The van der Waals surface area contributed by atoms with Crippen LogP contribution in [0.1, 0.15) is 23.9 Å². The number of benzene rings is 2. The highest BCUT2D eigenvalue weighted by Gasteiger charge is 2.23. The summed E-state index contributed by atoms with van der Waals surface area (Å²) in [6.45, 7) is 4.14. The van der Waals surface area contributed by atoms with Crippen molar-refractivity contribution < 1.29 is 27.1 Å². The Morgan fingerprint density at radius 1 is 1.12 bits per heavy atom. The van der Waals surface area contributed by atoms with Crippen LogP contribution in [0.5, 0.6) is 5.75 Å². The summed E-state index contributed by atoms with van der Waals surface area (Å²) in [5.74, 6) is 1.40. The molecular weight excluding hydrogens is 444 g/mol. The summed E-state index contributed by atoms with van der Waals surface area (Å²) in [5.41, 5.74) is 2.54. The summed E-state index contributed by atoms with van der Waals surface area (Å²) in [6, 6.07) is 15.9.